The van der Waals surface area contributed by atoms with Gasteiger partial charge < -0.3 is 15.1 Å². The summed E-state index contributed by atoms with van der Waals surface area (Å²) in [6, 6.07) is 7.43. The third-order valence-corrected chi connectivity index (χ3v) is 3.37. The molecule has 0 amide bonds. The summed E-state index contributed by atoms with van der Waals surface area (Å²) in [6.07, 6.45) is 3.23. The molecule has 0 bridgehead atoms. The maximum absolute atomic E-state index is 9.91. The molecule has 1 aliphatic carbocycles. The van der Waals surface area contributed by atoms with Gasteiger partial charge in [0.05, 0.1) is 11.8 Å². The summed E-state index contributed by atoms with van der Waals surface area (Å²) in [5.41, 5.74) is 1.27. The van der Waals surface area contributed by atoms with Crippen LogP contribution < -0.4 is 4.74 Å². The van der Waals surface area contributed by atoms with Gasteiger partial charge in [0.2, 0.25) is 0 Å². The summed E-state index contributed by atoms with van der Waals surface area (Å²) in [4.78, 5) is 0. The van der Waals surface area contributed by atoms with Crippen LogP contribution in [-0.4, -0.2) is 28.2 Å². The summed E-state index contributed by atoms with van der Waals surface area (Å²) < 4.78 is 5.88. The smallest absolute Gasteiger partial charge is 0.129 e. The molecule has 0 spiro atoms. The van der Waals surface area contributed by atoms with Gasteiger partial charge in [0.25, 0.3) is 0 Å². The lowest BCUT2D eigenvalue weighted by Crippen LogP contribution is -2.35. The third kappa shape index (κ3) is 2.82. The minimum atomic E-state index is -0.404. The molecule has 98 valence electrons. The molecule has 1 saturated carbocycles. The fourth-order valence-electron chi connectivity index (χ4n) is 2.30. The monoisotopic (exact) mass is 249 g/mol. The predicted molar refractivity (Wildman–Crippen MR) is 69.3 cm³/mol. The quantitative estimate of drug-likeness (QED) is 0.491. The molecule has 4 heteroatoms. The van der Waals surface area contributed by atoms with E-state index in [0.29, 0.717) is 11.5 Å². The van der Waals surface area contributed by atoms with Gasteiger partial charge in [0, 0.05) is 5.56 Å². The Hall–Kier alpha value is -1.55. The van der Waals surface area contributed by atoms with Crippen molar-refractivity contribution in [1.29, 1.82) is 0 Å². The van der Waals surface area contributed by atoms with E-state index >= 15 is 0 Å². The number of benzene rings is 1. The second-order valence-electron chi connectivity index (χ2n) is 4.69. The van der Waals surface area contributed by atoms with Gasteiger partial charge in [-0.25, -0.2) is 0 Å². The van der Waals surface area contributed by atoms with E-state index < -0.39 is 6.10 Å². The van der Waals surface area contributed by atoms with Crippen LogP contribution in [0, 0.1) is 0 Å². The molecule has 0 radical (unpaired) electrons. The lowest BCUT2D eigenvalue weighted by molar-refractivity contribution is 0.00678. The second kappa shape index (κ2) is 5.87. The molecular weight excluding hydrogens is 230 g/mol. The van der Waals surface area contributed by atoms with E-state index in [9.17, 15) is 5.11 Å². The highest BCUT2D eigenvalue weighted by Gasteiger charge is 2.25. The van der Waals surface area contributed by atoms with Crippen molar-refractivity contribution in [2.45, 2.75) is 44.8 Å². The van der Waals surface area contributed by atoms with Gasteiger partial charge in [-0.05, 0) is 38.3 Å². The van der Waals surface area contributed by atoms with Gasteiger partial charge in [-0.15, -0.1) is 0 Å². The maximum atomic E-state index is 9.91. The van der Waals surface area contributed by atoms with Crippen LogP contribution in [0.1, 0.15) is 38.2 Å². The zero-order valence-corrected chi connectivity index (χ0v) is 10.5. The number of para-hydroxylation sites is 1. The molecule has 1 aromatic carbocycles. The standard InChI is InChI=1S/C14H19NO3/c1-10(15-17)11-6-2-4-8-13(11)18-14-9-5-3-7-12(14)16/h2,4,6,8,12,14,16-17H,3,5,7,9H2,1H3/b15-10+. The number of nitrogens with zero attached hydrogens (tertiary/aromatic N) is 1. The molecule has 4 nitrogen and oxygen atoms in total. The van der Waals surface area contributed by atoms with Crippen LogP contribution in [0.2, 0.25) is 0 Å². The molecule has 0 heterocycles. The summed E-state index contributed by atoms with van der Waals surface area (Å²) >= 11 is 0. The largest absolute Gasteiger partial charge is 0.487 e. The highest BCUT2D eigenvalue weighted by atomic mass is 16.5. The van der Waals surface area contributed by atoms with Gasteiger partial charge >= 0.3 is 0 Å². The van der Waals surface area contributed by atoms with Crippen molar-refractivity contribution in [3.8, 4) is 5.75 Å². The normalized spacial score (nSPS) is 24.9. The molecule has 1 fully saturated rings. The SMILES string of the molecule is C/C(=N\O)c1ccccc1OC1CCCCC1O. The van der Waals surface area contributed by atoms with Crippen LogP contribution in [0.25, 0.3) is 0 Å². The number of aliphatic hydroxyl groups excluding tert-OH is 1. The fourth-order valence-corrected chi connectivity index (χ4v) is 2.30. The average Bonchev–Trinajstić information content (AvgIpc) is 2.41. The molecule has 2 rings (SSSR count). The van der Waals surface area contributed by atoms with Crippen LogP contribution in [0.5, 0.6) is 5.75 Å². The number of ether oxygens (including phenoxy) is 1. The number of oxime groups is 1. The van der Waals surface area contributed by atoms with Crippen molar-refractivity contribution in [3.63, 3.8) is 0 Å². The number of hydrogen-bond donors (Lipinski definition) is 2. The zero-order valence-electron chi connectivity index (χ0n) is 10.5. The first-order valence-electron chi connectivity index (χ1n) is 6.35. The molecule has 2 N–H and O–H groups in total. The van der Waals surface area contributed by atoms with Crippen molar-refractivity contribution < 1.29 is 15.1 Å². The van der Waals surface area contributed by atoms with E-state index in [1.807, 2.05) is 24.3 Å². The Labute approximate surface area is 107 Å². The zero-order chi connectivity index (χ0) is 13.0. The number of rotatable bonds is 3. The number of aliphatic hydroxyl groups is 1. The Morgan fingerprint density at radius 2 is 2.00 bits per heavy atom. The maximum Gasteiger partial charge on any atom is 0.129 e. The van der Waals surface area contributed by atoms with Gasteiger partial charge in [-0.1, -0.05) is 23.7 Å². The Bertz CT molecular complexity index is 431. The predicted octanol–water partition coefficient (Wildman–Crippen LogP) is 2.57. The molecule has 0 aromatic heterocycles. The molecule has 1 aromatic rings. The van der Waals surface area contributed by atoms with Crippen LogP contribution in [0.3, 0.4) is 0 Å². The van der Waals surface area contributed by atoms with Crippen LogP contribution >= 0.6 is 0 Å². The van der Waals surface area contributed by atoms with Crippen molar-refractivity contribution in [3.05, 3.63) is 29.8 Å². The topological polar surface area (TPSA) is 62.1 Å². The van der Waals surface area contributed by atoms with E-state index in [4.69, 9.17) is 9.94 Å². The highest BCUT2D eigenvalue weighted by Crippen LogP contribution is 2.26. The fraction of sp³-hybridized carbons (Fsp3) is 0.500. The first-order valence-corrected chi connectivity index (χ1v) is 6.35. The van der Waals surface area contributed by atoms with E-state index in [2.05, 4.69) is 5.16 Å². The van der Waals surface area contributed by atoms with Gasteiger partial charge in [0.15, 0.2) is 0 Å². The van der Waals surface area contributed by atoms with Crippen LogP contribution in [-0.2, 0) is 0 Å². The molecule has 2 unspecified atom stereocenters. The minimum Gasteiger partial charge on any atom is -0.487 e. The molecule has 0 aliphatic heterocycles. The van der Waals surface area contributed by atoms with Crippen molar-refractivity contribution in [2.24, 2.45) is 5.16 Å². The summed E-state index contributed by atoms with van der Waals surface area (Å²) in [6.45, 7) is 1.72. The highest BCUT2D eigenvalue weighted by molar-refractivity contribution is 6.00. The number of hydrogen-bond acceptors (Lipinski definition) is 4. The van der Waals surface area contributed by atoms with Crippen LogP contribution in [0.15, 0.2) is 29.4 Å². The Morgan fingerprint density at radius 1 is 1.28 bits per heavy atom. The van der Waals surface area contributed by atoms with Crippen molar-refractivity contribution >= 4 is 5.71 Å². The van der Waals surface area contributed by atoms with Gasteiger partial charge in [-0.3, -0.25) is 0 Å². The van der Waals surface area contributed by atoms with Crippen molar-refractivity contribution in [1.82, 2.24) is 0 Å². The Morgan fingerprint density at radius 3 is 2.72 bits per heavy atom. The Balaban J connectivity index is 2.18. The molecule has 2 atom stereocenters. The molecule has 18 heavy (non-hydrogen) atoms. The van der Waals surface area contributed by atoms with Crippen LogP contribution in [0.4, 0.5) is 0 Å². The minimum absolute atomic E-state index is 0.161. The second-order valence-corrected chi connectivity index (χ2v) is 4.69. The van der Waals surface area contributed by atoms with E-state index in [1.165, 1.54) is 0 Å². The molecule has 1 aliphatic rings. The van der Waals surface area contributed by atoms with Crippen molar-refractivity contribution in [2.75, 3.05) is 0 Å². The summed E-state index contributed by atoms with van der Waals surface area (Å²) in [5.74, 6) is 0.666. The third-order valence-electron chi connectivity index (χ3n) is 3.37. The van der Waals surface area contributed by atoms with E-state index in [1.54, 1.807) is 6.92 Å². The average molecular weight is 249 g/mol. The Kier molecular flexibility index (Phi) is 4.20. The van der Waals surface area contributed by atoms with E-state index in [0.717, 1.165) is 31.2 Å². The van der Waals surface area contributed by atoms with Gasteiger partial charge in [0.1, 0.15) is 11.9 Å². The summed E-state index contributed by atoms with van der Waals surface area (Å²) in [7, 11) is 0. The molecule has 0 saturated heterocycles. The first-order chi connectivity index (χ1) is 8.72. The lowest BCUT2D eigenvalue weighted by atomic mass is 9.94. The van der Waals surface area contributed by atoms with Gasteiger partial charge in [-0.2, -0.15) is 0 Å². The summed E-state index contributed by atoms with van der Waals surface area (Å²) in [5, 5.41) is 22.0. The molecular formula is C14H19NO3. The first kappa shape index (κ1) is 12.9. The lowest BCUT2D eigenvalue weighted by Gasteiger charge is -2.28. The van der Waals surface area contributed by atoms with E-state index in [-0.39, 0.29) is 6.10 Å².